The molecule has 2 aromatic carbocycles. The van der Waals surface area contributed by atoms with Crippen LogP contribution < -0.4 is 15.0 Å². The zero-order valence-electron chi connectivity index (χ0n) is 17.2. The normalized spacial score (nSPS) is 14.9. The largest absolute Gasteiger partial charge is 0.439 e. The van der Waals surface area contributed by atoms with E-state index in [0.717, 1.165) is 11.8 Å². The number of benzene rings is 2. The first-order valence-corrected chi connectivity index (χ1v) is 10.1. The molecule has 2 heterocycles. The Morgan fingerprint density at radius 1 is 1.09 bits per heavy atom. The summed E-state index contributed by atoms with van der Waals surface area (Å²) < 4.78 is 5.58. The molecule has 0 saturated carbocycles. The Balaban J connectivity index is 1.55. The average Bonchev–Trinajstić information content (AvgIpc) is 2.79. The lowest BCUT2D eigenvalue weighted by molar-refractivity contribution is -0.385. The molecule has 2 amide bonds. The van der Waals surface area contributed by atoms with Crippen LogP contribution in [-0.4, -0.2) is 26.8 Å². The van der Waals surface area contributed by atoms with Crippen molar-refractivity contribution in [1.82, 2.24) is 10.3 Å². The third-order valence-electron chi connectivity index (χ3n) is 4.80. The molecule has 164 valence electrons. The average molecular weight is 460 g/mol. The zero-order chi connectivity index (χ0) is 23.5. The summed E-state index contributed by atoms with van der Waals surface area (Å²) in [5, 5.41) is 13.3. The molecule has 0 bridgehead atoms. The fourth-order valence-electron chi connectivity index (χ4n) is 3.15. The van der Waals surface area contributed by atoms with Gasteiger partial charge in [0.05, 0.1) is 10.6 Å². The van der Waals surface area contributed by atoms with E-state index in [9.17, 15) is 19.7 Å². The molecule has 4 rings (SSSR count). The van der Waals surface area contributed by atoms with Gasteiger partial charge in [-0.3, -0.25) is 29.9 Å². The first kappa shape index (κ1) is 21.8. The number of amides is 2. The molecule has 0 radical (unpaired) electrons. The second-order valence-corrected chi connectivity index (χ2v) is 7.41. The standard InChI is InChI=1S/C23H16N4O5S/c1-14-4-2-3-5-19(14)26-22(29)18(21(28)25-23(26)33)12-15-6-9-17(10-7-15)32-20-11-8-16(13-24-20)27(30)31/h2-13H,1H3,(H,25,28,33)/b18-12+. The van der Waals surface area contributed by atoms with Crippen molar-refractivity contribution in [2.24, 2.45) is 0 Å². The molecule has 0 unspecified atom stereocenters. The van der Waals surface area contributed by atoms with Crippen molar-refractivity contribution >= 4 is 46.6 Å². The van der Waals surface area contributed by atoms with Crippen molar-refractivity contribution in [3.05, 3.63) is 93.7 Å². The van der Waals surface area contributed by atoms with Crippen LogP contribution in [0.15, 0.2) is 72.4 Å². The van der Waals surface area contributed by atoms with Crippen molar-refractivity contribution in [3.8, 4) is 11.6 Å². The quantitative estimate of drug-likeness (QED) is 0.202. The minimum absolute atomic E-state index is 0.0239. The predicted octanol–water partition coefficient (Wildman–Crippen LogP) is 3.92. The van der Waals surface area contributed by atoms with Crippen molar-refractivity contribution in [1.29, 1.82) is 0 Å². The van der Waals surface area contributed by atoms with E-state index in [4.69, 9.17) is 17.0 Å². The lowest BCUT2D eigenvalue weighted by Crippen LogP contribution is -2.54. The third kappa shape index (κ3) is 4.60. The number of rotatable bonds is 5. The summed E-state index contributed by atoms with van der Waals surface area (Å²) in [6.07, 6.45) is 2.57. The molecule has 1 N–H and O–H groups in total. The molecule has 1 saturated heterocycles. The van der Waals surface area contributed by atoms with Gasteiger partial charge in [-0.1, -0.05) is 30.3 Å². The van der Waals surface area contributed by atoms with Crippen LogP contribution >= 0.6 is 12.2 Å². The van der Waals surface area contributed by atoms with E-state index in [1.807, 2.05) is 19.1 Å². The minimum Gasteiger partial charge on any atom is -0.439 e. The molecule has 9 nitrogen and oxygen atoms in total. The Bertz CT molecular complexity index is 1300. The summed E-state index contributed by atoms with van der Waals surface area (Å²) in [5.41, 5.74) is 1.83. The fraction of sp³-hybridized carbons (Fsp3) is 0.0435. The van der Waals surface area contributed by atoms with Crippen LogP contribution in [0, 0.1) is 17.0 Å². The molecule has 1 aromatic heterocycles. The fourth-order valence-corrected chi connectivity index (χ4v) is 3.42. The monoisotopic (exact) mass is 460 g/mol. The predicted molar refractivity (Wildman–Crippen MR) is 125 cm³/mol. The van der Waals surface area contributed by atoms with E-state index in [-0.39, 0.29) is 22.3 Å². The number of anilines is 1. The molecule has 1 fully saturated rings. The lowest BCUT2D eigenvalue weighted by Gasteiger charge is -2.30. The number of nitro groups is 1. The van der Waals surface area contributed by atoms with E-state index in [1.165, 1.54) is 23.1 Å². The Hall–Kier alpha value is -4.44. The zero-order valence-corrected chi connectivity index (χ0v) is 18.0. The van der Waals surface area contributed by atoms with Crippen molar-refractivity contribution in [3.63, 3.8) is 0 Å². The maximum absolute atomic E-state index is 13.1. The Morgan fingerprint density at radius 2 is 1.82 bits per heavy atom. The topological polar surface area (TPSA) is 115 Å². The number of ether oxygens (including phenoxy) is 1. The molecule has 0 spiro atoms. The van der Waals surface area contributed by atoms with Gasteiger partial charge in [-0.2, -0.15) is 0 Å². The number of hydrogen-bond acceptors (Lipinski definition) is 7. The van der Waals surface area contributed by atoms with Crippen LogP contribution in [0.25, 0.3) is 6.08 Å². The van der Waals surface area contributed by atoms with Gasteiger partial charge in [0, 0.05) is 12.1 Å². The number of para-hydroxylation sites is 1. The number of thiocarbonyl (C=S) groups is 1. The summed E-state index contributed by atoms with van der Waals surface area (Å²) in [5.74, 6) is -0.477. The van der Waals surface area contributed by atoms with E-state index >= 15 is 0 Å². The van der Waals surface area contributed by atoms with Gasteiger partial charge >= 0.3 is 0 Å². The van der Waals surface area contributed by atoms with E-state index in [0.29, 0.717) is 17.0 Å². The summed E-state index contributed by atoms with van der Waals surface area (Å²) in [7, 11) is 0. The number of hydrogen-bond donors (Lipinski definition) is 1. The molecule has 1 aliphatic rings. The van der Waals surface area contributed by atoms with Crippen LogP contribution in [-0.2, 0) is 9.59 Å². The molecule has 3 aromatic rings. The number of pyridine rings is 1. The molecule has 33 heavy (non-hydrogen) atoms. The van der Waals surface area contributed by atoms with Crippen LogP contribution in [0.3, 0.4) is 0 Å². The van der Waals surface area contributed by atoms with E-state index in [1.54, 1.807) is 36.4 Å². The SMILES string of the molecule is Cc1ccccc1N1C(=O)/C(=C/c2ccc(Oc3ccc([N+](=O)[O-])cn3)cc2)C(=O)NC1=S. The molecule has 0 aliphatic carbocycles. The number of aryl methyl sites for hydroxylation is 1. The molecule has 1 aliphatic heterocycles. The first-order valence-electron chi connectivity index (χ1n) is 9.69. The summed E-state index contributed by atoms with van der Waals surface area (Å²) in [6.45, 7) is 1.85. The second-order valence-electron chi connectivity index (χ2n) is 7.03. The Labute approximate surface area is 193 Å². The van der Waals surface area contributed by atoms with Crippen molar-refractivity contribution in [2.75, 3.05) is 4.90 Å². The first-order chi connectivity index (χ1) is 15.8. The highest BCUT2D eigenvalue weighted by atomic mass is 32.1. The molecule has 10 heteroatoms. The van der Waals surface area contributed by atoms with Gasteiger partial charge in [0.2, 0.25) is 5.88 Å². The van der Waals surface area contributed by atoms with E-state index < -0.39 is 16.7 Å². The maximum atomic E-state index is 13.1. The highest BCUT2D eigenvalue weighted by Gasteiger charge is 2.34. The van der Waals surface area contributed by atoms with Crippen LogP contribution in [0.1, 0.15) is 11.1 Å². The Kier molecular flexibility index (Phi) is 5.92. The smallest absolute Gasteiger partial charge is 0.287 e. The van der Waals surface area contributed by atoms with Gasteiger partial charge in [-0.05, 0) is 54.5 Å². The van der Waals surface area contributed by atoms with E-state index in [2.05, 4.69) is 10.3 Å². The summed E-state index contributed by atoms with van der Waals surface area (Å²) in [6, 6.07) is 16.5. The van der Waals surface area contributed by atoms with Crippen molar-refractivity contribution in [2.45, 2.75) is 6.92 Å². The number of nitrogens with zero attached hydrogens (tertiary/aromatic N) is 3. The van der Waals surface area contributed by atoms with Crippen molar-refractivity contribution < 1.29 is 19.2 Å². The minimum atomic E-state index is -0.578. The van der Waals surface area contributed by atoms with Gasteiger partial charge in [0.25, 0.3) is 17.5 Å². The second kappa shape index (κ2) is 8.97. The summed E-state index contributed by atoms with van der Waals surface area (Å²) >= 11 is 5.23. The van der Waals surface area contributed by atoms with Gasteiger partial charge in [0.15, 0.2) is 5.11 Å². The number of aromatic nitrogens is 1. The van der Waals surface area contributed by atoms with Gasteiger partial charge < -0.3 is 4.74 Å². The third-order valence-corrected chi connectivity index (χ3v) is 5.09. The van der Waals surface area contributed by atoms with Gasteiger partial charge in [-0.25, -0.2) is 4.98 Å². The van der Waals surface area contributed by atoms with Crippen LogP contribution in [0.2, 0.25) is 0 Å². The highest BCUT2D eigenvalue weighted by Crippen LogP contribution is 2.26. The van der Waals surface area contributed by atoms with Gasteiger partial charge in [0.1, 0.15) is 17.5 Å². The van der Waals surface area contributed by atoms with Gasteiger partial charge in [-0.15, -0.1) is 0 Å². The number of carbonyl (C=O) groups is 2. The molecular formula is C23H16N4O5S. The molecular weight excluding hydrogens is 444 g/mol. The summed E-state index contributed by atoms with van der Waals surface area (Å²) in [4.78, 5) is 40.9. The molecule has 0 atom stereocenters. The highest BCUT2D eigenvalue weighted by molar-refractivity contribution is 7.80. The number of carbonyl (C=O) groups excluding carboxylic acids is 2. The lowest BCUT2D eigenvalue weighted by atomic mass is 10.1. The van der Waals surface area contributed by atoms with Crippen LogP contribution in [0.4, 0.5) is 11.4 Å². The number of nitrogens with one attached hydrogen (secondary N) is 1. The maximum Gasteiger partial charge on any atom is 0.287 e. The van der Waals surface area contributed by atoms with Crippen LogP contribution in [0.5, 0.6) is 11.6 Å². The Morgan fingerprint density at radius 3 is 2.45 bits per heavy atom.